The molecule has 7 nitrogen and oxygen atoms in total. The van der Waals surface area contributed by atoms with Gasteiger partial charge >= 0.3 is 6.03 Å². The fourth-order valence-corrected chi connectivity index (χ4v) is 1.69. The third-order valence-corrected chi connectivity index (χ3v) is 2.50. The Balaban J connectivity index is 2.51. The van der Waals surface area contributed by atoms with Gasteiger partial charge in [0.2, 0.25) is 0 Å². The Kier molecular flexibility index (Phi) is 1.97. The van der Waals surface area contributed by atoms with Crippen molar-refractivity contribution < 1.29 is 9.59 Å². The van der Waals surface area contributed by atoms with E-state index in [9.17, 15) is 9.59 Å². The van der Waals surface area contributed by atoms with Crippen molar-refractivity contribution in [2.45, 2.75) is 5.54 Å². The Morgan fingerprint density at radius 2 is 2.33 bits per heavy atom. The summed E-state index contributed by atoms with van der Waals surface area (Å²) in [6, 6.07) is -0.536. The number of urea groups is 1. The van der Waals surface area contributed by atoms with Crippen LogP contribution < -0.4 is 16.4 Å². The molecule has 1 atom stereocenters. The topological polar surface area (TPSA) is 102 Å². The zero-order valence-corrected chi connectivity index (χ0v) is 8.15. The van der Waals surface area contributed by atoms with Gasteiger partial charge in [0.1, 0.15) is 0 Å². The second kappa shape index (κ2) is 3.06. The van der Waals surface area contributed by atoms with Crippen LogP contribution in [0.15, 0.2) is 12.5 Å². The Hall–Kier alpha value is -1.89. The van der Waals surface area contributed by atoms with E-state index in [-0.39, 0.29) is 6.54 Å². The molecule has 4 N–H and O–H groups in total. The number of carbonyl (C=O) groups is 2. The lowest BCUT2D eigenvalue weighted by Crippen LogP contribution is -2.51. The SMILES string of the molecule is Cn1cncc1C1(CN)NC(=O)NC1=O. The van der Waals surface area contributed by atoms with Gasteiger partial charge in [-0.2, -0.15) is 0 Å². The van der Waals surface area contributed by atoms with Gasteiger partial charge in [-0.15, -0.1) is 0 Å². The summed E-state index contributed by atoms with van der Waals surface area (Å²) in [6.45, 7) is -0.00981. The van der Waals surface area contributed by atoms with Gasteiger partial charge in [-0.1, -0.05) is 0 Å². The number of carbonyl (C=O) groups excluding carboxylic acids is 2. The number of imide groups is 1. The lowest BCUT2D eigenvalue weighted by molar-refractivity contribution is -0.124. The molecule has 1 aliphatic rings. The van der Waals surface area contributed by atoms with E-state index >= 15 is 0 Å². The molecule has 0 radical (unpaired) electrons. The molecule has 1 aromatic rings. The highest BCUT2D eigenvalue weighted by molar-refractivity contribution is 6.07. The molecular weight excluding hydrogens is 198 g/mol. The summed E-state index contributed by atoms with van der Waals surface area (Å²) in [7, 11) is 1.73. The molecule has 1 saturated heterocycles. The van der Waals surface area contributed by atoms with E-state index in [2.05, 4.69) is 15.6 Å². The third kappa shape index (κ3) is 1.20. The van der Waals surface area contributed by atoms with Gasteiger partial charge in [0, 0.05) is 13.6 Å². The summed E-state index contributed by atoms with van der Waals surface area (Å²) in [5.41, 5.74) is 4.94. The predicted molar refractivity (Wildman–Crippen MR) is 50.6 cm³/mol. The van der Waals surface area contributed by atoms with Gasteiger partial charge in [-0.25, -0.2) is 9.78 Å². The maximum Gasteiger partial charge on any atom is 0.322 e. The molecule has 15 heavy (non-hydrogen) atoms. The molecule has 1 unspecified atom stereocenters. The summed E-state index contributed by atoms with van der Waals surface area (Å²) in [5, 5.41) is 4.69. The van der Waals surface area contributed by atoms with E-state index < -0.39 is 17.5 Å². The standard InChI is InChI=1S/C8H11N5O2/c1-13-4-10-2-5(13)8(3-9)6(14)11-7(15)12-8/h2,4H,3,9H2,1H3,(H2,11,12,14,15). The summed E-state index contributed by atoms with van der Waals surface area (Å²) in [6.07, 6.45) is 3.06. The van der Waals surface area contributed by atoms with E-state index in [0.29, 0.717) is 5.69 Å². The van der Waals surface area contributed by atoms with Gasteiger partial charge in [0.25, 0.3) is 5.91 Å². The number of nitrogens with zero attached hydrogens (tertiary/aromatic N) is 2. The van der Waals surface area contributed by atoms with Gasteiger partial charge in [0.15, 0.2) is 5.54 Å². The van der Waals surface area contributed by atoms with Crippen LogP contribution in [0.5, 0.6) is 0 Å². The molecule has 80 valence electrons. The minimum atomic E-state index is -1.19. The Labute approximate surface area is 85.7 Å². The van der Waals surface area contributed by atoms with Crippen LogP contribution in [0.3, 0.4) is 0 Å². The normalized spacial score (nSPS) is 25.2. The monoisotopic (exact) mass is 209 g/mol. The van der Waals surface area contributed by atoms with Crippen LogP contribution in [-0.2, 0) is 17.4 Å². The number of imidazole rings is 1. The number of rotatable bonds is 2. The van der Waals surface area contributed by atoms with E-state index in [0.717, 1.165) is 0 Å². The van der Waals surface area contributed by atoms with Crippen LogP contribution in [0, 0.1) is 0 Å². The van der Waals surface area contributed by atoms with E-state index in [1.165, 1.54) is 6.20 Å². The largest absolute Gasteiger partial charge is 0.335 e. The molecule has 2 rings (SSSR count). The third-order valence-electron chi connectivity index (χ3n) is 2.50. The average Bonchev–Trinajstić information content (AvgIpc) is 2.71. The Bertz CT molecular complexity index is 426. The highest BCUT2D eigenvalue weighted by atomic mass is 16.2. The lowest BCUT2D eigenvalue weighted by atomic mass is 9.96. The van der Waals surface area contributed by atoms with E-state index in [1.54, 1.807) is 17.9 Å². The summed E-state index contributed by atoms with van der Waals surface area (Å²) < 4.78 is 1.65. The van der Waals surface area contributed by atoms with E-state index in [1.807, 2.05) is 0 Å². The van der Waals surface area contributed by atoms with Gasteiger partial charge < -0.3 is 15.6 Å². The number of hydrogen-bond acceptors (Lipinski definition) is 4. The number of aryl methyl sites for hydroxylation is 1. The quantitative estimate of drug-likeness (QED) is 0.511. The van der Waals surface area contributed by atoms with Crippen molar-refractivity contribution in [3.63, 3.8) is 0 Å². The molecule has 1 aliphatic heterocycles. The molecule has 3 amide bonds. The van der Waals surface area contributed by atoms with Crippen LogP contribution in [0.4, 0.5) is 4.79 Å². The van der Waals surface area contributed by atoms with Crippen molar-refractivity contribution in [3.8, 4) is 0 Å². The second-order valence-corrected chi connectivity index (χ2v) is 3.41. The molecule has 0 saturated carbocycles. The summed E-state index contributed by atoms with van der Waals surface area (Å²) in [4.78, 5) is 26.7. The maximum absolute atomic E-state index is 11.7. The fraction of sp³-hybridized carbons (Fsp3) is 0.375. The zero-order chi connectivity index (χ0) is 11.1. The van der Waals surface area contributed by atoms with Crippen molar-refractivity contribution in [1.29, 1.82) is 0 Å². The maximum atomic E-state index is 11.7. The van der Waals surface area contributed by atoms with Crippen molar-refractivity contribution in [3.05, 3.63) is 18.2 Å². The molecule has 0 aromatic carbocycles. The van der Waals surface area contributed by atoms with E-state index in [4.69, 9.17) is 5.73 Å². The second-order valence-electron chi connectivity index (χ2n) is 3.41. The summed E-state index contributed by atoms with van der Waals surface area (Å²) >= 11 is 0. The number of nitrogens with one attached hydrogen (secondary N) is 2. The van der Waals surface area contributed by atoms with Gasteiger partial charge in [-0.3, -0.25) is 10.1 Å². The zero-order valence-electron chi connectivity index (χ0n) is 8.15. The van der Waals surface area contributed by atoms with Gasteiger partial charge in [-0.05, 0) is 0 Å². The lowest BCUT2D eigenvalue weighted by Gasteiger charge is -2.23. The van der Waals surface area contributed by atoms with Crippen LogP contribution in [0.2, 0.25) is 0 Å². The molecule has 1 fully saturated rings. The van der Waals surface area contributed by atoms with Crippen molar-refractivity contribution in [1.82, 2.24) is 20.2 Å². The number of amides is 3. The predicted octanol–water partition coefficient (Wildman–Crippen LogP) is -1.59. The Morgan fingerprint density at radius 1 is 1.60 bits per heavy atom. The number of nitrogens with two attached hydrogens (primary N) is 1. The number of aromatic nitrogens is 2. The van der Waals surface area contributed by atoms with Crippen molar-refractivity contribution >= 4 is 11.9 Å². The molecule has 0 spiro atoms. The first-order valence-electron chi connectivity index (χ1n) is 4.40. The minimum absolute atomic E-state index is 0.00981. The number of hydrogen-bond donors (Lipinski definition) is 3. The molecule has 7 heteroatoms. The molecular formula is C8H11N5O2. The van der Waals surface area contributed by atoms with Crippen LogP contribution in [-0.4, -0.2) is 28.0 Å². The first-order chi connectivity index (χ1) is 7.10. The molecule has 2 heterocycles. The van der Waals surface area contributed by atoms with Crippen molar-refractivity contribution in [2.24, 2.45) is 12.8 Å². The Morgan fingerprint density at radius 3 is 2.73 bits per heavy atom. The first kappa shape index (κ1) is 9.66. The average molecular weight is 209 g/mol. The van der Waals surface area contributed by atoms with Crippen LogP contribution >= 0.6 is 0 Å². The smallest absolute Gasteiger partial charge is 0.322 e. The molecule has 0 aliphatic carbocycles. The summed E-state index contributed by atoms with van der Waals surface area (Å²) in [5.74, 6) is -0.446. The van der Waals surface area contributed by atoms with Gasteiger partial charge in [0.05, 0.1) is 18.2 Å². The minimum Gasteiger partial charge on any atom is -0.335 e. The molecule has 0 bridgehead atoms. The van der Waals surface area contributed by atoms with Crippen molar-refractivity contribution in [2.75, 3.05) is 6.54 Å². The van der Waals surface area contributed by atoms with Crippen LogP contribution in [0.25, 0.3) is 0 Å². The highest BCUT2D eigenvalue weighted by Crippen LogP contribution is 2.22. The van der Waals surface area contributed by atoms with Crippen LogP contribution in [0.1, 0.15) is 5.69 Å². The first-order valence-corrected chi connectivity index (χ1v) is 4.40. The highest BCUT2D eigenvalue weighted by Gasteiger charge is 2.48. The molecule has 1 aromatic heterocycles. The fourth-order valence-electron chi connectivity index (χ4n) is 1.69.